The number of ether oxygens (including phenoxy) is 1. The van der Waals surface area contributed by atoms with E-state index in [4.69, 9.17) is 4.74 Å². The molecule has 0 aromatic carbocycles. The van der Waals surface area contributed by atoms with Gasteiger partial charge in [-0.15, -0.1) is 0 Å². The van der Waals surface area contributed by atoms with Crippen molar-refractivity contribution in [3.63, 3.8) is 0 Å². The number of likely N-dealkylation sites (tertiary alicyclic amines) is 1. The van der Waals surface area contributed by atoms with Crippen LogP contribution in [0, 0.1) is 5.92 Å². The van der Waals surface area contributed by atoms with Crippen LogP contribution in [0.3, 0.4) is 0 Å². The van der Waals surface area contributed by atoms with Crippen LogP contribution >= 0.6 is 0 Å². The molecule has 1 amide bonds. The first-order valence-corrected chi connectivity index (χ1v) is 12.2. The zero-order valence-corrected chi connectivity index (χ0v) is 20.8. The molecule has 180 valence electrons. The first-order valence-electron chi connectivity index (χ1n) is 12.2. The van der Waals surface area contributed by atoms with Crippen LogP contribution in [0.1, 0.15) is 92.4 Å². The lowest BCUT2D eigenvalue weighted by molar-refractivity contribution is -0.155. The summed E-state index contributed by atoms with van der Waals surface area (Å²) in [5.74, 6) is 1.21. The fourth-order valence-corrected chi connectivity index (χ4v) is 3.88. The summed E-state index contributed by atoms with van der Waals surface area (Å²) in [6.45, 7) is 12.4. The Labute approximate surface area is 189 Å². The van der Waals surface area contributed by atoms with Crippen LogP contribution in [0.2, 0.25) is 0 Å². The van der Waals surface area contributed by atoms with Crippen molar-refractivity contribution < 1.29 is 14.3 Å². The Morgan fingerprint density at radius 2 is 1.68 bits per heavy atom. The maximum atomic E-state index is 12.5. The molecule has 31 heavy (non-hydrogen) atoms. The van der Waals surface area contributed by atoms with E-state index in [0.717, 1.165) is 77.0 Å². The van der Waals surface area contributed by atoms with Crippen molar-refractivity contribution in [1.29, 1.82) is 0 Å². The molecule has 0 aromatic heterocycles. The molecule has 0 aliphatic carbocycles. The number of nitrogens with zero attached hydrogens (tertiary/aromatic N) is 2. The van der Waals surface area contributed by atoms with E-state index in [1.165, 1.54) is 0 Å². The second-order valence-corrected chi connectivity index (χ2v) is 9.51. The van der Waals surface area contributed by atoms with Crippen LogP contribution in [0.5, 0.6) is 0 Å². The zero-order valence-electron chi connectivity index (χ0n) is 20.8. The summed E-state index contributed by atoms with van der Waals surface area (Å²) < 4.78 is 5.33. The fraction of sp³-hybridized carbons (Fsp3) is 0.875. The highest BCUT2D eigenvalue weighted by Gasteiger charge is 2.26. The van der Waals surface area contributed by atoms with Crippen LogP contribution in [-0.4, -0.2) is 61.1 Å². The summed E-state index contributed by atoms with van der Waals surface area (Å²) in [7, 11) is 1.79. The smallest absolute Gasteiger partial charge is 0.306 e. The molecule has 0 unspecified atom stereocenters. The molecule has 7 heteroatoms. The number of unbranched alkanes of at least 4 members (excludes halogenated alkanes) is 3. The van der Waals surface area contributed by atoms with Crippen molar-refractivity contribution in [2.24, 2.45) is 10.9 Å². The van der Waals surface area contributed by atoms with Crippen molar-refractivity contribution in [3.05, 3.63) is 0 Å². The van der Waals surface area contributed by atoms with Gasteiger partial charge in [0.05, 0.1) is 0 Å². The van der Waals surface area contributed by atoms with E-state index >= 15 is 0 Å². The summed E-state index contributed by atoms with van der Waals surface area (Å²) in [5, 5.41) is 6.89. The topological polar surface area (TPSA) is 83.0 Å². The average Bonchev–Trinajstić information content (AvgIpc) is 2.72. The van der Waals surface area contributed by atoms with Gasteiger partial charge in [-0.05, 0) is 59.3 Å². The Morgan fingerprint density at radius 1 is 1.06 bits per heavy atom. The first kappa shape index (κ1) is 27.2. The molecule has 0 bridgehead atoms. The predicted molar refractivity (Wildman–Crippen MR) is 127 cm³/mol. The highest BCUT2D eigenvalue weighted by Crippen LogP contribution is 2.17. The SMILES string of the molecule is CCC(CC)C(=O)N1CCC(NC(=NC)NCCCCCCC(=O)OC(C)(C)C)CC1. The molecular weight excluding hydrogens is 392 g/mol. The largest absolute Gasteiger partial charge is 0.460 e. The Kier molecular flexibility index (Phi) is 12.6. The number of hydrogen-bond acceptors (Lipinski definition) is 4. The van der Waals surface area contributed by atoms with Crippen LogP contribution in [-0.2, 0) is 14.3 Å². The van der Waals surface area contributed by atoms with Gasteiger partial charge >= 0.3 is 5.97 Å². The number of aliphatic imine (C=N–C) groups is 1. The van der Waals surface area contributed by atoms with E-state index in [-0.39, 0.29) is 11.9 Å². The lowest BCUT2D eigenvalue weighted by atomic mass is 9.98. The van der Waals surface area contributed by atoms with Gasteiger partial charge in [0.15, 0.2) is 5.96 Å². The lowest BCUT2D eigenvalue weighted by Crippen LogP contribution is -2.50. The number of amides is 1. The van der Waals surface area contributed by atoms with Crippen molar-refractivity contribution >= 4 is 17.8 Å². The summed E-state index contributed by atoms with van der Waals surface area (Å²) in [5.41, 5.74) is -0.399. The third kappa shape index (κ3) is 11.4. The fourth-order valence-electron chi connectivity index (χ4n) is 3.88. The molecule has 1 fully saturated rings. The maximum Gasteiger partial charge on any atom is 0.306 e. The third-order valence-electron chi connectivity index (χ3n) is 5.73. The lowest BCUT2D eigenvalue weighted by Gasteiger charge is -2.34. The minimum Gasteiger partial charge on any atom is -0.460 e. The quantitative estimate of drug-likeness (QED) is 0.221. The second kappa shape index (κ2) is 14.3. The van der Waals surface area contributed by atoms with Crippen LogP contribution in [0.25, 0.3) is 0 Å². The van der Waals surface area contributed by atoms with Gasteiger partial charge in [0.2, 0.25) is 5.91 Å². The van der Waals surface area contributed by atoms with Crippen LogP contribution in [0.4, 0.5) is 0 Å². The number of carbonyl (C=O) groups is 2. The first-order chi connectivity index (χ1) is 14.7. The molecule has 0 atom stereocenters. The average molecular weight is 439 g/mol. The van der Waals surface area contributed by atoms with E-state index in [1.807, 2.05) is 25.7 Å². The monoisotopic (exact) mass is 438 g/mol. The summed E-state index contributed by atoms with van der Waals surface area (Å²) in [6, 6.07) is 0.353. The maximum absolute atomic E-state index is 12.5. The van der Waals surface area contributed by atoms with Crippen LogP contribution in [0.15, 0.2) is 4.99 Å². The molecule has 1 rings (SSSR count). The van der Waals surface area contributed by atoms with Crippen molar-refractivity contribution in [3.8, 4) is 0 Å². The van der Waals surface area contributed by atoms with Gasteiger partial charge in [0, 0.05) is 45.1 Å². The normalized spacial score (nSPS) is 15.8. The number of esters is 1. The molecule has 0 aromatic rings. The minimum absolute atomic E-state index is 0.108. The van der Waals surface area contributed by atoms with Gasteiger partial charge in [-0.2, -0.15) is 0 Å². The number of guanidine groups is 1. The van der Waals surface area contributed by atoms with E-state index < -0.39 is 5.60 Å². The van der Waals surface area contributed by atoms with Gasteiger partial charge in [0.25, 0.3) is 0 Å². The van der Waals surface area contributed by atoms with Crippen LogP contribution < -0.4 is 10.6 Å². The molecule has 2 N–H and O–H groups in total. The third-order valence-corrected chi connectivity index (χ3v) is 5.73. The van der Waals surface area contributed by atoms with Gasteiger partial charge in [-0.1, -0.05) is 26.7 Å². The Bertz CT molecular complexity index is 560. The van der Waals surface area contributed by atoms with E-state index in [9.17, 15) is 9.59 Å². The number of carbonyl (C=O) groups excluding carboxylic acids is 2. The molecule has 1 heterocycles. The van der Waals surface area contributed by atoms with Crippen molar-refractivity contribution in [2.45, 2.75) is 104 Å². The number of nitrogens with one attached hydrogen (secondary N) is 2. The summed E-state index contributed by atoms with van der Waals surface area (Å²) in [4.78, 5) is 30.6. The summed E-state index contributed by atoms with van der Waals surface area (Å²) in [6.07, 6.45) is 8.25. The predicted octanol–water partition coefficient (Wildman–Crippen LogP) is 3.87. The Hall–Kier alpha value is -1.79. The number of piperidine rings is 1. The van der Waals surface area contributed by atoms with E-state index in [0.29, 0.717) is 18.4 Å². The standard InChI is InChI=1S/C24H46N4O3/c1-7-19(8-2)22(30)28-17-14-20(15-18-28)27-23(25-6)26-16-12-10-9-11-13-21(29)31-24(3,4)5/h19-20H,7-18H2,1-6H3,(H2,25,26,27). The van der Waals surface area contributed by atoms with E-state index in [2.05, 4.69) is 29.5 Å². The Balaban J connectivity index is 2.17. The highest BCUT2D eigenvalue weighted by molar-refractivity contribution is 5.80. The van der Waals surface area contributed by atoms with Crippen molar-refractivity contribution in [2.75, 3.05) is 26.7 Å². The van der Waals surface area contributed by atoms with Gasteiger partial charge in [-0.3, -0.25) is 14.6 Å². The van der Waals surface area contributed by atoms with Gasteiger partial charge in [-0.25, -0.2) is 0 Å². The molecule has 1 aliphatic rings. The van der Waals surface area contributed by atoms with Crippen molar-refractivity contribution in [1.82, 2.24) is 15.5 Å². The zero-order chi connectivity index (χ0) is 23.3. The molecule has 7 nitrogen and oxygen atoms in total. The number of rotatable bonds is 11. The Morgan fingerprint density at radius 3 is 2.23 bits per heavy atom. The molecule has 0 spiro atoms. The summed E-state index contributed by atoms with van der Waals surface area (Å²) >= 11 is 0. The number of hydrogen-bond donors (Lipinski definition) is 2. The molecule has 0 radical (unpaired) electrons. The minimum atomic E-state index is -0.399. The molecule has 1 saturated heterocycles. The highest BCUT2D eigenvalue weighted by atomic mass is 16.6. The molecule has 1 aliphatic heterocycles. The van der Waals surface area contributed by atoms with Gasteiger partial charge in [0.1, 0.15) is 5.60 Å². The molecule has 0 saturated carbocycles. The van der Waals surface area contributed by atoms with Gasteiger partial charge < -0.3 is 20.3 Å². The second-order valence-electron chi connectivity index (χ2n) is 9.51. The molecular formula is C24H46N4O3. The van der Waals surface area contributed by atoms with E-state index in [1.54, 1.807) is 7.05 Å².